The lowest BCUT2D eigenvalue weighted by Crippen LogP contribution is -2.50. The number of piperidine rings is 1. The first-order chi connectivity index (χ1) is 12.1. The van der Waals surface area contributed by atoms with Crippen molar-refractivity contribution in [3.63, 3.8) is 0 Å². The zero-order chi connectivity index (χ0) is 17.4. The largest absolute Gasteiger partial charge is 0.335 e. The van der Waals surface area contributed by atoms with Crippen molar-refractivity contribution in [1.29, 1.82) is 0 Å². The van der Waals surface area contributed by atoms with Crippen LogP contribution in [0.2, 0.25) is 0 Å². The molecule has 3 nitrogen and oxygen atoms in total. The third-order valence-electron chi connectivity index (χ3n) is 7.01. The molecule has 3 heteroatoms. The molecule has 3 fully saturated rings. The summed E-state index contributed by atoms with van der Waals surface area (Å²) < 4.78 is 0. The van der Waals surface area contributed by atoms with E-state index in [9.17, 15) is 4.79 Å². The van der Waals surface area contributed by atoms with Gasteiger partial charge in [-0.25, -0.2) is 0 Å². The molecule has 1 heterocycles. The maximum absolute atomic E-state index is 13.4. The zero-order valence-corrected chi connectivity index (χ0v) is 15.5. The van der Waals surface area contributed by atoms with Crippen molar-refractivity contribution in [2.24, 2.45) is 23.5 Å². The summed E-state index contributed by atoms with van der Waals surface area (Å²) in [5, 5.41) is 0. The van der Waals surface area contributed by atoms with Crippen LogP contribution in [-0.4, -0.2) is 23.4 Å². The average Bonchev–Trinajstić information content (AvgIpc) is 2.62. The Hall–Kier alpha value is -1.35. The molecule has 2 aliphatic carbocycles. The summed E-state index contributed by atoms with van der Waals surface area (Å²) >= 11 is 0. The van der Waals surface area contributed by atoms with Gasteiger partial charge in [0.15, 0.2) is 0 Å². The smallest absolute Gasteiger partial charge is 0.226 e. The van der Waals surface area contributed by atoms with Crippen molar-refractivity contribution in [3.05, 3.63) is 35.4 Å². The van der Waals surface area contributed by atoms with Gasteiger partial charge in [0.1, 0.15) is 0 Å². The Balaban J connectivity index is 1.52. The molecule has 25 heavy (non-hydrogen) atoms. The third kappa shape index (κ3) is 3.36. The fourth-order valence-electron chi connectivity index (χ4n) is 5.56. The predicted octanol–water partition coefficient (Wildman–Crippen LogP) is 4.20. The fraction of sp³-hybridized carbons (Fsp3) is 0.682. The van der Waals surface area contributed by atoms with Crippen LogP contribution in [0.1, 0.15) is 68.5 Å². The summed E-state index contributed by atoms with van der Waals surface area (Å²) in [4.78, 5) is 15.6. The number of carbonyl (C=O) groups is 1. The lowest BCUT2D eigenvalue weighted by molar-refractivity contribution is -0.142. The van der Waals surface area contributed by atoms with E-state index in [1.54, 1.807) is 0 Å². The Kier molecular flexibility index (Phi) is 4.86. The van der Waals surface area contributed by atoms with E-state index >= 15 is 0 Å². The van der Waals surface area contributed by atoms with E-state index < -0.39 is 0 Å². The van der Waals surface area contributed by atoms with Gasteiger partial charge in [-0.05, 0) is 69.3 Å². The van der Waals surface area contributed by atoms with Crippen molar-refractivity contribution >= 4 is 5.91 Å². The Morgan fingerprint density at radius 2 is 1.68 bits per heavy atom. The number of nitrogens with two attached hydrogens (primary N) is 1. The van der Waals surface area contributed by atoms with E-state index in [1.165, 1.54) is 36.8 Å². The molecular weight excluding hydrogens is 308 g/mol. The molecule has 3 aliphatic rings. The van der Waals surface area contributed by atoms with Crippen molar-refractivity contribution in [2.45, 2.75) is 70.4 Å². The van der Waals surface area contributed by atoms with Crippen LogP contribution in [0.4, 0.5) is 0 Å². The maximum Gasteiger partial charge on any atom is 0.226 e. The highest BCUT2D eigenvalue weighted by molar-refractivity contribution is 5.79. The van der Waals surface area contributed by atoms with Gasteiger partial charge in [0, 0.05) is 18.5 Å². The minimum atomic E-state index is 0.209. The molecule has 0 aromatic heterocycles. The van der Waals surface area contributed by atoms with Crippen molar-refractivity contribution < 1.29 is 4.79 Å². The Bertz CT molecular complexity index is 597. The normalized spacial score (nSPS) is 35.4. The summed E-state index contributed by atoms with van der Waals surface area (Å²) in [6, 6.07) is 9.41. The predicted molar refractivity (Wildman–Crippen MR) is 101 cm³/mol. The van der Waals surface area contributed by atoms with E-state index in [0.29, 0.717) is 23.8 Å². The molecule has 1 aromatic carbocycles. The number of carbonyl (C=O) groups excluding carboxylic acids is 1. The number of fused-ring (bicyclic) bond motifs is 2. The van der Waals surface area contributed by atoms with Crippen molar-refractivity contribution in [3.8, 4) is 0 Å². The van der Waals surface area contributed by atoms with E-state index in [0.717, 1.165) is 32.2 Å². The van der Waals surface area contributed by atoms with Crippen LogP contribution in [0.3, 0.4) is 0 Å². The van der Waals surface area contributed by atoms with Gasteiger partial charge in [0.2, 0.25) is 5.91 Å². The number of hydrogen-bond acceptors (Lipinski definition) is 2. The number of amides is 1. The van der Waals surface area contributed by atoms with Crippen LogP contribution in [0.15, 0.2) is 24.3 Å². The lowest BCUT2D eigenvalue weighted by Gasteiger charge is -2.46. The monoisotopic (exact) mass is 340 g/mol. The van der Waals surface area contributed by atoms with Gasteiger partial charge < -0.3 is 10.6 Å². The SMILES string of the molecule is Cc1ccc(C2CCCCN2C(=O)C2CC3CCCC(C2)C3N)cc1. The topological polar surface area (TPSA) is 46.3 Å². The third-order valence-corrected chi connectivity index (χ3v) is 7.01. The van der Waals surface area contributed by atoms with Gasteiger partial charge >= 0.3 is 0 Å². The van der Waals surface area contributed by atoms with E-state index in [-0.39, 0.29) is 12.0 Å². The number of likely N-dealkylation sites (tertiary alicyclic amines) is 1. The van der Waals surface area contributed by atoms with Crippen LogP contribution < -0.4 is 5.73 Å². The van der Waals surface area contributed by atoms with Crippen LogP contribution >= 0.6 is 0 Å². The fourth-order valence-corrected chi connectivity index (χ4v) is 5.56. The molecule has 1 amide bonds. The zero-order valence-electron chi connectivity index (χ0n) is 15.5. The molecule has 3 atom stereocenters. The molecule has 2 saturated carbocycles. The first-order valence-corrected chi connectivity index (χ1v) is 10.3. The van der Waals surface area contributed by atoms with Gasteiger partial charge in [-0.2, -0.15) is 0 Å². The van der Waals surface area contributed by atoms with Gasteiger partial charge in [-0.3, -0.25) is 4.79 Å². The van der Waals surface area contributed by atoms with Crippen molar-refractivity contribution in [2.75, 3.05) is 6.54 Å². The molecule has 4 rings (SSSR count). The molecule has 2 N–H and O–H groups in total. The molecule has 3 unspecified atom stereocenters. The lowest BCUT2D eigenvalue weighted by atomic mass is 9.64. The van der Waals surface area contributed by atoms with Gasteiger partial charge in [-0.15, -0.1) is 0 Å². The second-order valence-corrected chi connectivity index (χ2v) is 8.65. The minimum absolute atomic E-state index is 0.209. The minimum Gasteiger partial charge on any atom is -0.335 e. The Morgan fingerprint density at radius 3 is 2.36 bits per heavy atom. The van der Waals surface area contributed by atoms with Crippen LogP contribution in [0.5, 0.6) is 0 Å². The second-order valence-electron chi connectivity index (χ2n) is 8.65. The molecule has 136 valence electrons. The van der Waals surface area contributed by atoms with Gasteiger partial charge in [0.05, 0.1) is 6.04 Å². The van der Waals surface area contributed by atoms with E-state index in [4.69, 9.17) is 5.73 Å². The second kappa shape index (κ2) is 7.11. The summed E-state index contributed by atoms with van der Waals surface area (Å²) in [6.07, 6.45) is 9.27. The summed E-state index contributed by atoms with van der Waals surface area (Å²) in [6.45, 7) is 3.05. The van der Waals surface area contributed by atoms with Crippen LogP contribution in [0, 0.1) is 24.7 Å². The maximum atomic E-state index is 13.4. The molecule has 0 spiro atoms. The van der Waals surface area contributed by atoms with Crippen molar-refractivity contribution in [1.82, 2.24) is 4.90 Å². The van der Waals surface area contributed by atoms with Crippen LogP contribution in [-0.2, 0) is 4.79 Å². The number of aryl methyl sites for hydroxylation is 1. The molecule has 1 aromatic rings. The summed E-state index contributed by atoms with van der Waals surface area (Å²) in [5.74, 6) is 1.77. The highest BCUT2D eigenvalue weighted by Crippen LogP contribution is 2.43. The number of benzene rings is 1. The summed E-state index contributed by atoms with van der Waals surface area (Å²) in [7, 11) is 0. The number of nitrogens with zero attached hydrogens (tertiary/aromatic N) is 1. The quantitative estimate of drug-likeness (QED) is 0.877. The Morgan fingerprint density at radius 1 is 1.00 bits per heavy atom. The molecule has 1 aliphatic heterocycles. The average molecular weight is 341 g/mol. The molecule has 0 radical (unpaired) electrons. The highest BCUT2D eigenvalue weighted by Gasteiger charge is 2.42. The van der Waals surface area contributed by atoms with E-state index in [1.807, 2.05) is 0 Å². The standard InChI is InChI=1S/C22H32N2O/c1-15-8-10-16(11-9-15)20-7-2-3-12-24(20)22(25)19-13-17-5-4-6-18(14-19)21(17)23/h8-11,17-21H,2-7,12-14,23H2,1H3. The number of hydrogen-bond donors (Lipinski definition) is 1. The molecule has 2 bridgehead atoms. The molecule has 1 saturated heterocycles. The van der Waals surface area contributed by atoms with E-state index in [2.05, 4.69) is 36.1 Å². The number of rotatable bonds is 2. The molecular formula is C22H32N2O. The summed E-state index contributed by atoms with van der Waals surface area (Å²) in [5.41, 5.74) is 9.03. The van der Waals surface area contributed by atoms with Gasteiger partial charge in [0.25, 0.3) is 0 Å². The highest BCUT2D eigenvalue weighted by atomic mass is 16.2. The first-order valence-electron chi connectivity index (χ1n) is 10.3. The van der Waals surface area contributed by atoms with Crippen LogP contribution in [0.25, 0.3) is 0 Å². The first kappa shape index (κ1) is 17.1. The Labute approximate surface area is 152 Å². The van der Waals surface area contributed by atoms with Gasteiger partial charge in [-0.1, -0.05) is 36.2 Å².